The van der Waals surface area contributed by atoms with Gasteiger partial charge in [-0.2, -0.15) is 5.10 Å². The van der Waals surface area contributed by atoms with E-state index in [1.54, 1.807) is 12.1 Å². The molecule has 2 aromatic carbocycles. The van der Waals surface area contributed by atoms with E-state index in [4.69, 9.17) is 0 Å². The van der Waals surface area contributed by atoms with Crippen LogP contribution in [0.1, 0.15) is 38.1 Å². The van der Waals surface area contributed by atoms with Crippen molar-refractivity contribution < 1.29 is 9.90 Å². The molecule has 4 heteroatoms. The van der Waals surface area contributed by atoms with Crippen LogP contribution >= 0.6 is 0 Å². The van der Waals surface area contributed by atoms with E-state index in [2.05, 4.69) is 10.5 Å². The number of carbonyl (C=O) groups is 1. The lowest BCUT2D eigenvalue weighted by molar-refractivity contribution is 0.0952. The highest BCUT2D eigenvalue weighted by molar-refractivity contribution is 6.02. The number of hydrazone groups is 1. The Balaban J connectivity index is 2.30. The van der Waals surface area contributed by atoms with Crippen LogP contribution < -0.4 is 5.43 Å². The topological polar surface area (TPSA) is 61.7 Å². The Kier molecular flexibility index (Phi) is 3.98. The summed E-state index contributed by atoms with van der Waals surface area (Å²) in [5.41, 5.74) is 3.42. The van der Waals surface area contributed by atoms with Gasteiger partial charge in [-0.15, -0.1) is 0 Å². The summed E-state index contributed by atoms with van der Waals surface area (Å²) in [6.07, 6.45) is 0. The number of amides is 1. The number of rotatable bonds is 2. The van der Waals surface area contributed by atoms with Gasteiger partial charge in [0.1, 0.15) is 5.75 Å². The summed E-state index contributed by atoms with van der Waals surface area (Å²) in [6.45, 7) is 7.92. The van der Waals surface area contributed by atoms with Gasteiger partial charge in [-0.05, 0) is 29.8 Å². The molecule has 0 bridgehead atoms. The van der Waals surface area contributed by atoms with Crippen molar-refractivity contribution in [2.75, 3.05) is 0 Å². The number of phenols is 1. The lowest BCUT2D eigenvalue weighted by Crippen LogP contribution is -2.24. The maximum Gasteiger partial charge on any atom is 0.275 e. The number of nitrogens with zero attached hydrogens (tertiary/aromatic N) is 1. The van der Waals surface area contributed by atoms with Crippen molar-refractivity contribution in [3.8, 4) is 5.75 Å². The number of hydrogen-bond acceptors (Lipinski definition) is 3. The first-order chi connectivity index (χ1) is 9.79. The van der Waals surface area contributed by atoms with Crippen LogP contribution in [0.4, 0.5) is 0 Å². The SMILES string of the molecule is C/C(=N\NC(=O)c1cc2ccccc2cc1O)C(C)(C)C. The highest BCUT2D eigenvalue weighted by Crippen LogP contribution is 2.25. The predicted octanol–water partition coefficient (Wildman–Crippen LogP) is 3.70. The van der Waals surface area contributed by atoms with Crippen LogP contribution in [0, 0.1) is 5.41 Å². The maximum absolute atomic E-state index is 12.2. The van der Waals surface area contributed by atoms with Crippen molar-refractivity contribution >= 4 is 22.4 Å². The van der Waals surface area contributed by atoms with Gasteiger partial charge in [0.15, 0.2) is 0 Å². The van der Waals surface area contributed by atoms with Crippen LogP contribution in [0.2, 0.25) is 0 Å². The molecule has 1 amide bonds. The molecule has 2 rings (SSSR count). The summed E-state index contributed by atoms with van der Waals surface area (Å²) in [5.74, 6) is -0.461. The zero-order valence-electron chi connectivity index (χ0n) is 12.8. The van der Waals surface area contributed by atoms with Gasteiger partial charge in [0, 0.05) is 11.1 Å². The second kappa shape index (κ2) is 5.56. The molecular formula is C17H20N2O2. The van der Waals surface area contributed by atoms with Gasteiger partial charge < -0.3 is 5.11 Å². The van der Waals surface area contributed by atoms with E-state index >= 15 is 0 Å². The van der Waals surface area contributed by atoms with E-state index in [9.17, 15) is 9.90 Å². The quantitative estimate of drug-likeness (QED) is 0.652. The van der Waals surface area contributed by atoms with Crippen LogP contribution in [0.3, 0.4) is 0 Å². The molecule has 0 saturated heterocycles. The van der Waals surface area contributed by atoms with E-state index in [0.717, 1.165) is 16.5 Å². The van der Waals surface area contributed by atoms with Crippen molar-refractivity contribution in [2.45, 2.75) is 27.7 Å². The molecule has 110 valence electrons. The number of nitrogens with one attached hydrogen (secondary N) is 1. The van der Waals surface area contributed by atoms with E-state index in [-0.39, 0.29) is 16.7 Å². The molecule has 2 aromatic rings. The number of aromatic hydroxyl groups is 1. The molecule has 21 heavy (non-hydrogen) atoms. The third-order valence-corrected chi connectivity index (χ3v) is 3.52. The van der Waals surface area contributed by atoms with Crippen LogP contribution in [0.25, 0.3) is 10.8 Å². The summed E-state index contributed by atoms with van der Waals surface area (Å²) in [7, 11) is 0. The van der Waals surface area contributed by atoms with E-state index in [0.29, 0.717) is 0 Å². The van der Waals surface area contributed by atoms with Gasteiger partial charge in [-0.1, -0.05) is 45.0 Å². The van der Waals surface area contributed by atoms with E-state index < -0.39 is 5.91 Å². The first kappa shape index (κ1) is 15.0. The van der Waals surface area contributed by atoms with Crippen LogP contribution in [-0.2, 0) is 0 Å². The van der Waals surface area contributed by atoms with Gasteiger partial charge in [0.2, 0.25) is 0 Å². The number of phenolic OH excluding ortho intramolecular Hbond substituents is 1. The second-order valence-electron chi connectivity index (χ2n) is 6.10. The van der Waals surface area contributed by atoms with Gasteiger partial charge in [-0.25, -0.2) is 5.43 Å². The summed E-state index contributed by atoms with van der Waals surface area (Å²) >= 11 is 0. The van der Waals surface area contributed by atoms with Crippen molar-refractivity contribution in [3.63, 3.8) is 0 Å². The molecule has 0 aliphatic rings. The second-order valence-corrected chi connectivity index (χ2v) is 6.10. The molecule has 0 unspecified atom stereocenters. The molecule has 4 nitrogen and oxygen atoms in total. The fourth-order valence-electron chi connectivity index (χ4n) is 1.77. The van der Waals surface area contributed by atoms with Gasteiger partial charge in [0.25, 0.3) is 5.91 Å². The van der Waals surface area contributed by atoms with Gasteiger partial charge in [0.05, 0.1) is 5.56 Å². The zero-order valence-corrected chi connectivity index (χ0v) is 12.8. The Morgan fingerprint density at radius 1 is 1.14 bits per heavy atom. The molecule has 0 aromatic heterocycles. The highest BCUT2D eigenvalue weighted by atomic mass is 16.3. The molecule has 0 heterocycles. The Morgan fingerprint density at radius 2 is 1.71 bits per heavy atom. The van der Waals surface area contributed by atoms with Crippen LogP contribution in [0.5, 0.6) is 5.75 Å². The molecule has 2 N–H and O–H groups in total. The fourth-order valence-corrected chi connectivity index (χ4v) is 1.77. The number of carbonyl (C=O) groups excluding carboxylic acids is 1. The zero-order chi connectivity index (χ0) is 15.6. The summed E-state index contributed by atoms with van der Waals surface area (Å²) < 4.78 is 0. The van der Waals surface area contributed by atoms with E-state index in [1.807, 2.05) is 52.0 Å². The predicted molar refractivity (Wildman–Crippen MR) is 85.6 cm³/mol. The minimum atomic E-state index is -0.415. The molecule has 0 spiro atoms. The van der Waals surface area contributed by atoms with Crippen molar-refractivity contribution in [2.24, 2.45) is 10.5 Å². The number of benzene rings is 2. The molecule has 0 aliphatic carbocycles. The minimum absolute atomic E-state index is 0.0465. The maximum atomic E-state index is 12.2. The fraction of sp³-hybridized carbons (Fsp3) is 0.294. The third-order valence-electron chi connectivity index (χ3n) is 3.52. The summed E-state index contributed by atoms with van der Waals surface area (Å²) in [6, 6.07) is 10.8. The molecule has 0 fully saturated rings. The summed E-state index contributed by atoms with van der Waals surface area (Å²) in [5, 5.41) is 15.9. The minimum Gasteiger partial charge on any atom is -0.507 e. The molecule has 0 aliphatic heterocycles. The van der Waals surface area contributed by atoms with Gasteiger partial charge in [-0.3, -0.25) is 4.79 Å². The Morgan fingerprint density at radius 3 is 2.29 bits per heavy atom. The Hall–Kier alpha value is -2.36. The highest BCUT2D eigenvalue weighted by Gasteiger charge is 2.16. The standard InChI is InChI=1S/C17H20N2O2/c1-11(17(2,3)4)18-19-16(21)14-9-12-7-5-6-8-13(12)10-15(14)20/h5-10,20H,1-4H3,(H,19,21)/b18-11+. The number of fused-ring (bicyclic) bond motifs is 1. The molecular weight excluding hydrogens is 264 g/mol. The van der Waals surface area contributed by atoms with Crippen molar-refractivity contribution in [1.29, 1.82) is 0 Å². The molecule has 0 radical (unpaired) electrons. The lowest BCUT2D eigenvalue weighted by atomic mass is 9.91. The lowest BCUT2D eigenvalue weighted by Gasteiger charge is -2.17. The first-order valence-electron chi connectivity index (χ1n) is 6.86. The average Bonchev–Trinajstić information content (AvgIpc) is 2.42. The molecule has 0 saturated carbocycles. The Labute approximate surface area is 124 Å². The van der Waals surface area contributed by atoms with Crippen molar-refractivity contribution in [3.05, 3.63) is 42.0 Å². The summed E-state index contributed by atoms with van der Waals surface area (Å²) in [4.78, 5) is 12.2. The monoisotopic (exact) mass is 284 g/mol. The van der Waals surface area contributed by atoms with Gasteiger partial charge >= 0.3 is 0 Å². The largest absolute Gasteiger partial charge is 0.507 e. The number of hydrogen-bond donors (Lipinski definition) is 2. The molecule has 0 atom stereocenters. The van der Waals surface area contributed by atoms with Crippen molar-refractivity contribution in [1.82, 2.24) is 5.43 Å². The normalized spacial score (nSPS) is 12.5. The van der Waals surface area contributed by atoms with Crippen LogP contribution in [-0.4, -0.2) is 16.7 Å². The smallest absolute Gasteiger partial charge is 0.275 e. The average molecular weight is 284 g/mol. The van der Waals surface area contributed by atoms with E-state index in [1.165, 1.54) is 0 Å². The van der Waals surface area contributed by atoms with Crippen LogP contribution in [0.15, 0.2) is 41.5 Å². The Bertz CT molecular complexity index is 712. The first-order valence-corrected chi connectivity index (χ1v) is 6.86. The third kappa shape index (κ3) is 3.40.